The molecule has 2 aromatic heterocycles. The van der Waals surface area contributed by atoms with E-state index in [1.54, 1.807) is 25.7 Å². The minimum atomic E-state index is -0.902. The van der Waals surface area contributed by atoms with Gasteiger partial charge in [-0.2, -0.15) is 0 Å². The predicted octanol–water partition coefficient (Wildman–Crippen LogP) is 4.27. The first-order valence-corrected chi connectivity index (χ1v) is 18.8. The Morgan fingerprint density at radius 2 is 1.76 bits per heavy atom. The Balaban J connectivity index is 1.18. The second-order valence-electron chi connectivity index (χ2n) is 16.1. The summed E-state index contributed by atoms with van der Waals surface area (Å²) in [6, 6.07) is 18.3. The lowest BCUT2D eigenvalue weighted by Gasteiger charge is -2.47. The number of nitrogens with one attached hydrogen (secondary N) is 2. The molecule has 0 radical (unpaired) electrons. The second-order valence-corrected chi connectivity index (χ2v) is 16.1. The molecule has 2 aromatic carbocycles. The molecule has 1 fully saturated rings. The number of rotatable bonds is 13. The SMILES string of the molecule is COc1cncc(-c2cnc(C(C)(C)N3CCN(C[C@@H](O)C[C@H](Cc4ccccc4)C(=O)N[C@H]4c5ccccc5C[C@H]4O)[C@H](C(=O)NC(C)(C)C)C3)o2)c1. The molecule has 0 saturated carbocycles. The van der Waals surface area contributed by atoms with Crippen LogP contribution in [0.3, 0.4) is 0 Å². The summed E-state index contributed by atoms with van der Waals surface area (Å²) >= 11 is 0. The molecule has 12 heteroatoms. The molecule has 0 bridgehead atoms. The molecular formula is C42H54N6O6. The average molecular weight is 739 g/mol. The first-order valence-electron chi connectivity index (χ1n) is 18.8. The Kier molecular flexibility index (Phi) is 11.9. The molecule has 5 atom stereocenters. The Morgan fingerprint density at radius 3 is 2.50 bits per heavy atom. The van der Waals surface area contributed by atoms with Gasteiger partial charge in [0.05, 0.1) is 43.3 Å². The minimum Gasteiger partial charge on any atom is -0.495 e. The van der Waals surface area contributed by atoms with Gasteiger partial charge in [-0.15, -0.1) is 0 Å². The molecule has 4 aromatic rings. The van der Waals surface area contributed by atoms with Crippen LogP contribution in [0.15, 0.2) is 83.7 Å². The maximum Gasteiger partial charge on any atom is 0.239 e. The fourth-order valence-electron chi connectivity index (χ4n) is 7.61. The number of pyridine rings is 1. The van der Waals surface area contributed by atoms with Crippen LogP contribution in [-0.4, -0.2) is 98.9 Å². The predicted molar refractivity (Wildman–Crippen MR) is 205 cm³/mol. The molecule has 54 heavy (non-hydrogen) atoms. The molecule has 12 nitrogen and oxygen atoms in total. The number of nitrogens with zero attached hydrogens (tertiary/aromatic N) is 4. The summed E-state index contributed by atoms with van der Waals surface area (Å²) in [6.45, 7) is 11.6. The van der Waals surface area contributed by atoms with Crippen LogP contribution in [0.25, 0.3) is 11.3 Å². The van der Waals surface area contributed by atoms with E-state index < -0.39 is 41.3 Å². The molecule has 0 spiro atoms. The van der Waals surface area contributed by atoms with Crippen LogP contribution >= 0.6 is 0 Å². The zero-order valence-electron chi connectivity index (χ0n) is 32.2. The van der Waals surface area contributed by atoms with Gasteiger partial charge in [0.2, 0.25) is 17.7 Å². The lowest BCUT2D eigenvalue weighted by atomic mass is 9.91. The number of aromatic nitrogens is 2. The maximum atomic E-state index is 14.0. The molecule has 1 aliphatic carbocycles. The van der Waals surface area contributed by atoms with Gasteiger partial charge < -0.3 is 30.0 Å². The van der Waals surface area contributed by atoms with Crippen molar-refractivity contribution in [2.24, 2.45) is 5.92 Å². The van der Waals surface area contributed by atoms with Gasteiger partial charge in [0.15, 0.2) is 5.76 Å². The van der Waals surface area contributed by atoms with Crippen molar-refractivity contribution in [3.63, 3.8) is 0 Å². The van der Waals surface area contributed by atoms with E-state index in [1.807, 2.05) is 100 Å². The number of hydrogen-bond donors (Lipinski definition) is 4. The van der Waals surface area contributed by atoms with Gasteiger partial charge in [-0.25, -0.2) is 4.98 Å². The topological polar surface area (TPSA) is 153 Å². The number of carbonyl (C=O) groups is 2. The van der Waals surface area contributed by atoms with Crippen LogP contribution in [0.5, 0.6) is 5.75 Å². The van der Waals surface area contributed by atoms with E-state index in [-0.39, 0.29) is 24.8 Å². The molecule has 2 aliphatic rings. The van der Waals surface area contributed by atoms with Crippen LogP contribution in [0.2, 0.25) is 0 Å². The summed E-state index contributed by atoms with van der Waals surface area (Å²) in [4.78, 5) is 41.0. The lowest BCUT2D eigenvalue weighted by Crippen LogP contribution is -2.64. The van der Waals surface area contributed by atoms with Gasteiger partial charge in [0.25, 0.3) is 0 Å². The van der Waals surface area contributed by atoms with Crippen molar-refractivity contribution in [1.82, 2.24) is 30.4 Å². The van der Waals surface area contributed by atoms with Crippen molar-refractivity contribution in [2.75, 3.05) is 33.3 Å². The third-order valence-corrected chi connectivity index (χ3v) is 10.5. The monoisotopic (exact) mass is 738 g/mol. The van der Waals surface area contributed by atoms with Crippen molar-refractivity contribution in [3.05, 3.63) is 102 Å². The van der Waals surface area contributed by atoms with Crippen molar-refractivity contribution in [1.29, 1.82) is 0 Å². The zero-order chi connectivity index (χ0) is 38.6. The average Bonchev–Trinajstić information content (AvgIpc) is 3.77. The lowest BCUT2D eigenvalue weighted by molar-refractivity contribution is -0.134. The Labute approximate surface area is 317 Å². The van der Waals surface area contributed by atoms with Crippen molar-refractivity contribution < 1.29 is 29.0 Å². The molecule has 1 aliphatic heterocycles. The quantitative estimate of drug-likeness (QED) is 0.157. The zero-order valence-corrected chi connectivity index (χ0v) is 32.2. The molecule has 2 amide bonds. The summed E-state index contributed by atoms with van der Waals surface area (Å²) < 4.78 is 11.6. The van der Waals surface area contributed by atoms with E-state index >= 15 is 0 Å². The summed E-state index contributed by atoms with van der Waals surface area (Å²) in [7, 11) is 1.59. The van der Waals surface area contributed by atoms with E-state index in [0.717, 1.165) is 22.3 Å². The summed E-state index contributed by atoms with van der Waals surface area (Å²) in [5.74, 6) is 0.757. The van der Waals surface area contributed by atoms with Crippen LogP contribution in [-0.2, 0) is 28.0 Å². The normalized spacial score (nSPS) is 20.6. The molecule has 288 valence electrons. The molecular weight excluding hydrogens is 684 g/mol. The number of fused-ring (bicyclic) bond motifs is 1. The number of piperazine rings is 1. The van der Waals surface area contributed by atoms with Crippen molar-refractivity contribution in [2.45, 2.75) is 89.3 Å². The molecule has 1 saturated heterocycles. The fourth-order valence-corrected chi connectivity index (χ4v) is 7.61. The van der Waals surface area contributed by atoms with E-state index in [2.05, 4.69) is 25.5 Å². The molecule has 4 N–H and O–H groups in total. The highest BCUT2D eigenvalue weighted by Gasteiger charge is 2.43. The Morgan fingerprint density at radius 1 is 1.02 bits per heavy atom. The van der Waals surface area contributed by atoms with Gasteiger partial charge in [-0.3, -0.25) is 24.4 Å². The van der Waals surface area contributed by atoms with Gasteiger partial charge in [0.1, 0.15) is 11.8 Å². The van der Waals surface area contributed by atoms with Gasteiger partial charge in [-0.1, -0.05) is 54.6 Å². The maximum absolute atomic E-state index is 14.0. The van der Waals surface area contributed by atoms with Crippen molar-refractivity contribution >= 4 is 11.8 Å². The number of β-amino-alcohol motifs (C(OH)–C–C–N with tert-alkyl or cyclic N) is 1. The number of methoxy groups -OCH3 is 1. The highest BCUT2D eigenvalue weighted by molar-refractivity contribution is 5.83. The molecule has 0 unspecified atom stereocenters. The van der Waals surface area contributed by atoms with Crippen LogP contribution in [0, 0.1) is 5.92 Å². The van der Waals surface area contributed by atoms with Crippen molar-refractivity contribution in [3.8, 4) is 17.1 Å². The van der Waals surface area contributed by atoms with Crippen LogP contribution < -0.4 is 15.4 Å². The number of ether oxygens (including phenoxy) is 1. The van der Waals surface area contributed by atoms with E-state index in [1.165, 1.54) is 0 Å². The number of oxazole rings is 1. The number of hydrogen-bond acceptors (Lipinski definition) is 10. The van der Waals surface area contributed by atoms with E-state index in [4.69, 9.17) is 9.15 Å². The minimum absolute atomic E-state index is 0.141. The number of aliphatic hydroxyl groups is 2. The molecule has 3 heterocycles. The standard InChI is InChI=1S/C42H54N6O6/c1-41(2,3)46-39(52)34-26-48(42(4,5)40-44-24-36(54-40)30-20-32(53-6)23-43-22-30)17-16-47(34)25-31(49)19-29(18-27-12-8-7-9-13-27)38(51)45-37-33-15-11-10-14-28(33)21-35(37)50/h7-15,20,22-24,29,31,34-35,37,49-50H,16-19,21,25-26H2,1-6H3,(H,45,51)(H,46,52)/t29-,31-,34-,35+,37-/m0/s1. The first kappa shape index (κ1) is 39.1. The number of carbonyl (C=O) groups excluding carboxylic acids is 2. The van der Waals surface area contributed by atoms with Gasteiger partial charge >= 0.3 is 0 Å². The second kappa shape index (κ2) is 16.4. The number of aliphatic hydroxyl groups excluding tert-OH is 2. The summed E-state index contributed by atoms with van der Waals surface area (Å²) in [6.07, 6.45) is 4.46. The summed E-state index contributed by atoms with van der Waals surface area (Å²) in [5, 5.41) is 28.8. The Hall–Kier alpha value is -4.62. The molecule has 6 rings (SSSR count). The van der Waals surface area contributed by atoms with Crippen LogP contribution in [0.1, 0.15) is 69.7 Å². The fraction of sp³-hybridized carbons (Fsp3) is 0.476. The van der Waals surface area contributed by atoms with Crippen LogP contribution in [0.4, 0.5) is 0 Å². The number of amides is 2. The highest BCUT2D eigenvalue weighted by atomic mass is 16.5. The van der Waals surface area contributed by atoms with E-state index in [0.29, 0.717) is 49.9 Å². The Bertz CT molecular complexity index is 1890. The third kappa shape index (κ3) is 9.18. The summed E-state index contributed by atoms with van der Waals surface area (Å²) in [5.41, 5.74) is 2.53. The largest absolute Gasteiger partial charge is 0.495 e. The van der Waals surface area contributed by atoms with E-state index in [9.17, 15) is 19.8 Å². The van der Waals surface area contributed by atoms with Gasteiger partial charge in [0, 0.05) is 55.8 Å². The highest BCUT2D eigenvalue weighted by Crippen LogP contribution is 2.34. The van der Waals surface area contributed by atoms with Gasteiger partial charge in [-0.05, 0) is 70.2 Å². The smallest absolute Gasteiger partial charge is 0.239 e. The number of benzene rings is 2. The first-order chi connectivity index (χ1) is 25.7. The third-order valence-electron chi connectivity index (χ3n) is 10.5.